The summed E-state index contributed by atoms with van der Waals surface area (Å²) in [7, 11) is 0. The molecule has 0 aromatic heterocycles. The number of nitrogens with one attached hydrogen (secondary N) is 2. The summed E-state index contributed by atoms with van der Waals surface area (Å²) in [6.45, 7) is 3.01. The summed E-state index contributed by atoms with van der Waals surface area (Å²) in [5, 5.41) is 17.3. The second-order valence-electron chi connectivity index (χ2n) is 5.26. The molecule has 0 spiro atoms. The Labute approximate surface area is 143 Å². The molecule has 0 aliphatic heterocycles. The van der Waals surface area contributed by atoms with E-state index in [1.807, 2.05) is 0 Å². The number of hydrazone groups is 1. The van der Waals surface area contributed by atoms with Gasteiger partial charge >= 0.3 is 0 Å². The maximum atomic E-state index is 12.1. The molecular formula is C17H16N4O4. The van der Waals surface area contributed by atoms with Gasteiger partial charge in [-0.25, -0.2) is 5.43 Å². The van der Waals surface area contributed by atoms with Crippen molar-refractivity contribution in [1.29, 1.82) is 0 Å². The van der Waals surface area contributed by atoms with E-state index >= 15 is 0 Å². The van der Waals surface area contributed by atoms with E-state index in [1.165, 1.54) is 25.3 Å². The zero-order valence-electron chi connectivity index (χ0n) is 13.6. The van der Waals surface area contributed by atoms with Gasteiger partial charge in [0.05, 0.1) is 11.1 Å². The Hall–Kier alpha value is -3.55. The molecule has 0 radical (unpaired) electrons. The van der Waals surface area contributed by atoms with Crippen molar-refractivity contribution in [1.82, 2.24) is 5.43 Å². The van der Waals surface area contributed by atoms with Gasteiger partial charge in [0.25, 0.3) is 11.6 Å². The van der Waals surface area contributed by atoms with Crippen molar-refractivity contribution < 1.29 is 14.5 Å². The molecule has 0 saturated carbocycles. The fourth-order valence-electron chi connectivity index (χ4n) is 2.07. The van der Waals surface area contributed by atoms with E-state index in [4.69, 9.17) is 0 Å². The lowest BCUT2D eigenvalue weighted by molar-refractivity contribution is -0.385. The van der Waals surface area contributed by atoms with Crippen LogP contribution in [0.3, 0.4) is 0 Å². The maximum Gasteiger partial charge on any atom is 0.272 e. The zero-order valence-corrected chi connectivity index (χ0v) is 13.6. The Kier molecular flexibility index (Phi) is 5.57. The van der Waals surface area contributed by atoms with E-state index in [-0.39, 0.29) is 11.6 Å². The molecule has 0 unspecified atom stereocenters. The van der Waals surface area contributed by atoms with Crippen molar-refractivity contribution in [3.05, 3.63) is 69.3 Å². The van der Waals surface area contributed by atoms with E-state index in [2.05, 4.69) is 15.8 Å². The molecule has 25 heavy (non-hydrogen) atoms. The first-order valence-corrected chi connectivity index (χ1v) is 7.33. The lowest BCUT2D eigenvalue weighted by atomic mass is 10.1. The molecule has 2 rings (SSSR count). The standard InChI is InChI=1S/C17H16N4O4/c1-11-6-7-13(8-16(11)21(24)25)10-18-20-17(23)14-4-3-5-15(9-14)19-12(2)22/h3-10H,1-2H3,(H,19,22)(H,20,23). The van der Waals surface area contributed by atoms with Gasteiger partial charge in [0.1, 0.15) is 0 Å². The van der Waals surface area contributed by atoms with Crippen LogP contribution in [0.2, 0.25) is 0 Å². The van der Waals surface area contributed by atoms with Crippen molar-refractivity contribution >= 4 is 29.4 Å². The topological polar surface area (TPSA) is 114 Å². The van der Waals surface area contributed by atoms with Crippen molar-refractivity contribution in [2.24, 2.45) is 5.10 Å². The molecule has 0 heterocycles. The fourth-order valence-corrected chi connectivity index (χ4v) is 2.07. The SMILES string of the molecule is CC(=O)Nc1cccc(C(=O)NN=Cc2ccc(C)c([N+](=O)[O-])c2)c1. The number of rotatable bonds is 5. The minimum absolute atomic E-state index is 0.0155. The number of benzene rings is 2. The molecule has 0 aliphatic rings. The second kappa shape index (κ2) is 7.82. The van der Waals surface area contributed by atoms with Gasteiger partial charge in [-0.15, -0.1) is 0 Å². The first-order valence-electron chi connectivity index (χ1n) is 7.33. The maximum absolute atomic E-state index is 12.1. The Morgan fingerprint density at radius 3 is 2.64 bits per heavy atom. The quantitative estimate of drug-likeness (QED) is 0.495. The molecule has 0 aliphatic carbocycles. The normalized spacial score (nSPS) is 10.5. The molecule has 2 aromatic rings. The van der Waals surface area contributed by atoms with Gasteiger partial charge in [0.15, 0.2) is 0 Å². The fraction of sp³-hybridized carbons (Fsp3) is 0.118. The zero-order chi connectivity index (χ0) is 18.4. The average molecular weight is 340 g/mol. The predicted octanol–water partition coefficient (Wildman–Crippen LogP) is 2.63. The minimum atomic E-state index is -0.473. The first kappa shape index (κ1) is 17.8. The van der Waals surface area contributed by atoms with Crippen LogP contribution in [0, 0.1) is 17.0 Å². The minimum Gasteiger partial charge on any atom is -0.326 e. The van der Waals surface area contributed by atoms with Crippen LogP contribution < -0.4 is 10.7 Å². The highest BCUT2D eigenvalue weighted by atomic mass is 16.6. The molecule has 8 heteroatoms. The summed E-state index contributed by atoms with van der Waals surface area (Å²) in [5.41, 5.74) is 4.17. The summed E-state index contributed by atoms with van der Waals surface area (Å²) in [5.74, 6) is -0.707. The van der Waals surface area contributed by atoms with Gasteiger partial charge in [0, 0.05) is 35.4 Å². The van der Waals surface area contributed by atoms with E-state index in [0.717, 1.165) is 0 Å². The van der Waals surface area contributed by atoms with Gasteiger partial charge < -0.3 is 5.32 Å². The molecule has 0 atom stereocenters. The third kappa shape index (κ3) is 4.96. The third-order valence-corrected chi connectivity index (χ3v) is 3.25. The number of anilines is 1. The highest BCUT2D eigenvalue weighted by Crippen LogP contribution is 2.18. The number of nitro benzene ring substituents is 1. The van der Waals surface area contributed by atoms with E-state index in [9.17, 15) is 19.7 Å². The van der Waals surface area contributed by atoms with Crippen molar-refractivity contribution in [2.75, 3.05) is 5.32 Å². The van der Waals surface area contributed by atoms with E-state index in [1.54, 1.807) is 37.3 Å². The molecule has 0 saturated heterocycles. The Morgan fingerprint density at radius 2 is 1.96 bits per heavy atom. The second-order valence-corrected chi connectivity index (χ2v) is 5.26. The number of carbonyl (C=O) groups is 2. The third-order valence-electron chi connectivity index (χ3n) is 3.25. The number of hydrogen-bond donors (Lipinski definition) is 2. The monoisotopic (exact) mass is 340 g/mol. The van der Waals surface area contributed by atoms with Crippen LogP contribution in [-0.4, -0.2) is 23.0 Å². The van der Waals surface area contributed by atoms with Crippen LogP contribution in [0.15, 0.2) is 47.6 Å². The van der Waals surface area contributed by atoms with E-state index < -0.39 is 10.8 Å². The Morgan fingerprint density at radius 1 is 1.20 bits per heavy atom. The molecule has 2 N–H and O–H groups in total. The number of nitrogens with zero attached hydrogens (tertiary/aromatic N) is 2. The van der Waals surface area contributed by atoms with Gasteiger partial charge in [-0.1, -0.05) is 18.2 Å². The number of carbonyl (C=O) groups excluding carboxylic acids is 2. The van der Waals surface area contributed by atoms with Crippen LogP contribution in [-0.2, 0) is 4.79 Å². The Bertz CT molecular complexity index is 861. The molecule has 8 nitrogen and oxygen atoms in total. The highest BCUT2D eigenvalue weighted by molar-refractivity contribution is 5.97. The van der Waals surface area contributed by atoms with Gasteiger partial charge in [-0.2, -0.15) is 5.10 Å². The van der Waals surface area contributed by atoms with Crippen LogP contribution in [0.5, 0.6) is 0 Å². The summed E-state index contributed by atoms with van der Waals surface area (Å²) in [6.07, 6.45) is 1.32. The van der Waals surface area contributed by atoms with Crippen LogP contribution in [0.4, 0.5) is 11.4 Å². The summed E-state index contributed by atoms with van der Waals surface area (Å²) >= 11 is 0. The largest absolute Gasteiger partial charge is 0.326 e. The molecule has 128 valence electrons. The number of nitro groups is 1. The van der Waals surface area contributed by atoms with Gasteiger partial charge in [0.2, 0.25) is 5.91 Å². The average Bonchev–Trinajstić information content (AvgIpc) is 2.55. The van der Waals surface area contributed by atoms with Crippen molar-refractivity contribution in [3.8, 4) is 0 Å². The molecule has 2 aromatic carbocycles. The number of amides is 2. The van der Waals surface area contributed by atoms with Crippen LogP contribution in [0.1, 0.15) is 28.4 Å². The van der Waals surface area contributed by atoms with Crippen LogP contribution >= 0.6 is 0 Å². The molecule has 0 fully saturated rings. The van der Waals surface area contributed by atoms with Crippen molar-refractivity contribution in [3.63, 3.8) is 0 Å². The van der Waals surface area contributed by atoms with Gasteiger partial charge in [-0.05, 0) is 25.1 Å². The van der Waals surface area contributed by atoms with Crippen molar-refractivity contribution in [2.45, 2.75) is 13.8 Å². The predicted molar refractivity (Wildman–Crippen MR) is 93.6 cm³/mol. The lowest BCUT2D eigenvalue weighted by Crippen LogP contribution is -2.18. The smallest absolute Gasteiger partial charge is 0.272 e. The molecule has 2 amide bonds. The number of aryl methyl sites for hydroxylation is 1. The first-order chi connectivity index (χ1) is 11.9. The van der Waals surface area contributed by atoms with Crippen LogP contribution in [0.25, 0.3) is 0 Å². The summed E-state index contributed by atoms with van der Waals surface area (Å²) in [6, 6.07) is 11.0. The Balaban J connectivity index is 2.07. The molecular weight excluding hydrogens is 324 g/mol. The lowest BCUT2D eigenvalue weighted by Gasteiger charge is -2.04. The molecule has 0 bridgehead atoms. The summed E-state index contributed by atoms with van der Waals surface area (Å²) in [4.78, 5) is 33.5. The van der Waals surface area contributed by atoms with E-state index in [0.29, 0.717) is 22.4 Å². The summed E-state index contributed by atoms with van der Waals surface area (Å²) < 4.78 is 0. The number of hydrogen-bond acceptors (Lipinski definition) is 5. The van der Waals surface area contributed by atoms with Gasteiger partial charge in [-0.3, -0.25) is 19.7 Å². The highest BCUT2D eigenvalue weighted by Gasteiger charge is 2.10.